The Hall–Kier alpha value is -2.88. The maximum Gasteiger partial charge on any atom is 0.130 e. The lowest BCUT2D eigenvalue weighted by atomic mass is 10.1. The molecule has 1 atom stereocenters. The normalized spacial score (nSPS) is 11.8. The van der Waals surface area contributed by atoms with Gasteiger partial charge in [-0.15, -0.1) is 0 Å². The summed E-state index contributed by atoms with van der Waals surface area (Å²) in [5.74, 6) is 2.42. The summed E-state index contributed by atoms with van der Waals surface area (Å²) < 4.78 is 5.30. The van der Waals surface area contributed by atoms with E-state index in [1.54, 1.807) is 7.11 Å². The quantitative estimate of drug-likeness (QED) is 0.744. The van der Waals surface area contributed by atoms with Crippen LogP contribution in [0.1, 0.15) is 24.4 Å². The first-order valence-electron chi connectivity index (χ1n) is 7.97. The highest BCUT2D eigenvalue weighted by atomic mass is 16.5. The number of nitrogens with one attached hydrogen (secondary N) is 1. The lowest BCUT2D eigenvalue weighted by Gasteiger charge is -2.16. The van der Waals surface area contributed by atoms with Crippen LogP contribution in [0.5, 0.6) is 5.75 Å². The van der Waals surface area contributed by atoms with E-state index in [4.69, 9.17) is 4.74 Å². The van der Waals surface area contributed by atoms with E-state index in [9.17, 15) is 0 Å². The number of nitrogens with zero attached hydrogens (tertiary/aromatic N) is 2. The van der Waals surface area contributed by atoms with Gasteiger partial charge < -0.3 is 10.1 Å². The molecule has 0 saturated carbocycles. The Morgan fingerprint density at radius 3 is 2.50 bits per heavy atom. The summed E-state index contributed by atoms with van der Waals surface area (Å²) in [4.78, 5) is 9.05. The molecule has 4 nitrogen and oxygen atoms in total. The van der Waals surface area contributed by atoms with Gasteiger partial charge in [-0.1, -0.05) is 42.5 Å². The topological polar surface area (TPSA) is 47.0 Å². The molecule has 1 unspecified atom stereocenters. The predicted molar refractivity (Wildman–Crippen MR) is 97.2 cm³/mol. The molecule has 0 aliphatic carbocycles. The highest BCUT2D eigenvalue weighted by molar-refractivity contribution is 5.62. The minimum Gasteiger partial charge on any atom is -0.497 e. The van der Waals surface area contributed by atoms with Gasteiger partial charge in [-0.3, -0.25) is 0 Å². The molecule has 4 heteroatoms. The van der Waals surface area contributed by atoms with Gasteiger partial charge in [0.15, 0.2) is 0 Å². The lowest BCUT2D eigenvalue weighted by molar-refractivity contribution is 0.414. The minimum atomic E-state index is 0.109. The zero-order valence-corrected chi connectivity index (χ0v) is 14.2. The molecule has 0 aliphatic heterocycles. The van der Waals surface area contributed by atoms with Crippen LogP contribution in [-0.4, -0.2) is 17.1 Å². The Bertz CT molecular complexity index is 818. The first-order valence-corrected chi connectivity index (χ1v) is 7.97. The van der Waals surface area contributed by atoms with Gasteiger partial charge in [0, 0.05) is 11.6 Å². The molecule has 1 aromatic heterocycles. The molecule has 122 valence electrons. The first-order chi connectivity index (χ1) is 11.7. The second kappa shape index (κ2) is 7.13. The van der Waals surface area contributed by atoms with Crippen molar-refractivity contribution in [1.82, 2.24) is 9.97 Å². The van der Waals surface area contributed by atoms with Crippen LogP contribution in [0.15, 0.2) is 60.7 Å². The van der Waals surface area contributed by atoms with Crippen LogP contribution in [-0.2, 0) is 0 Å². The minimum absolute atomic E-state index is 0.109. The molecule has 0 aliphatic rings. The highest BCUT2D eigenvalue weighted by Gasteiger charge is 2.10. The maximum atomic E-state index is 5.30. The number of methoxy groups -OCH3 is 1. The zero-order chi connectivity index (χ0) is 16.9. The van der Waals surface area contributed by atoms with Crippen LogP contribution < -0.4 is 10.1 Å². The van der Waals surface area contributed by atoms with Crippen molar-refractivity contribution in [1.29, 1.82) is 0 Å². The van der Waals surface area contributed by atoms with E-state index >= 15 is 0 Å². The van der Waals surface area contributed by atoms with Crippen molar-refractivity contribution < 1.29 is 4.74 Å². The summed E-state index contributed by atoms with van der Waals surface area (Å²) in [7, 11) is 1.68. The first kappa shape index (κ1) is 16.0. The Morgan fingerprint density at radius 2 is 1.75 bits per heavy atom. The zero-order valence-electron chi connectivity index (χ0n) is 14.2. The molecule has 2 aromatic carbocycles. The molecule has 0 amide bonds. The molecule has 1 heterocycles. The number of hydrogen-bond acceptors (Lipinski definition) is 4. The number of aromatic nitrogens is 2. The van der Waals surface area contributed by atoms with Crippen LogP contribution in [0, 0.1) is 6.92 Å². The summed E-state index contributed by atoms with van der Waals surface area (Å²) >= 11 is 0. The molecule has 0 spiro atoms. The molecule has 3 rings (SSSR count). The van der Waals surface area contributed by atoms with Crippen LogP contribution in [0.4, 0.5) is 5.82 Å². The molecule has 0 bridgehead atoms. The third-order valence-corrected chi connectivity index (χ3v) is 3.87. The Kier molecular flexibility index (Phi) is 4.75. The maximum absolute atomic E-state index is 5.30. The molecule has 0 fully saturated rings. The molecule has 0 saturated heterocycles. The fraction of sp³-hybridized carbons (Fsp3) is 0.200. The monoisotopic (exact) mass is 319 g/mol. The highest BCUT2D eigenvalue weighted by Crippen LogP contribution is 2.24. The Balaban J connectivity index is 1.85. The smallest absolute Gasteiger partial charge is 0.130 e. The standard InChI is InChI=1S/C20H21N3O/c1-14(17-10-7-11-18(12-17)24-3)21-20-13-19(22-15(2)23-20)16-8-5-4-6-9-16/h4-14H,1-3H3,(H,21,22,23). The van der Waals surface area contributed by atoms with E-state index in [0.29, 0.717) is 0 Å². The van der Waals surface area contributed by atoms with Crippen LogP contribution in [0.25, 0.3) is 11.3 Å². The van der Waals surface area contributed by atoms with Gasteiger partial charge in [0.1, 0.15) is 17.4 Å². The number of ether oxygens (including phenoxy) is 1. The summed E-state index contributed by atoms with van der Waals surface area (Å²) in [6.07, 6.45) is 0. The summed E-state index contributed by atoms with van der Waals surface area (Å²) in [6.45, 7) is 4.02. The number of hydrogen-bond donors (Lipinski definition) is 1. The average molecular weight is 319 g/mol. The fourth-order valence-corrected chi connectivity index (χ4v) is 2.61. The predicted octanol–water partition coefficient (Wildman–Crippen LogP) is 4.63. The van der Waals surface area contributed by atoms with Gasteiger partial charge in [0.2, 0.25) is 0 Å². The van der Waals surface area contributed by atoms with Gasteiger partial charge in [0.25, 0.3) is 0 Å². The summed E-state index contributed by atoms with van der Waals surface area (Å²) in [6, 6.07) is 20.3. The van der Waals surface area contributed by atoms with Gasteiger partial charge in [-0.05, 0) is 31.5 Å². The molecular weight excluding hydrogens is 298 g/mol. The van der Waals surface area contributed by atoms with Crippen LogP contribution >= 0.6 is 0 Å². The third kappa shape index (κ3) is 3.71. The van der Waals surface area contributed by atoms with Crippen molar-refractivity contribution in [3.8, 4) is 17.0 Å². The van der Waals surface area contributed by atoms with Crippen LogP contribution in [0.2, 0.25) is 0 Å². The SMILES string of the molecule is COc1cccc(C(C)Nc2cc(-c3ccccc3)nc(C)n2)c1. The van der Waals surface area contributed by atoms with Gasteiger partial charge in [0.05, 0.1) is 18.8 Å². The van der Waals surface area contributed by atoms with Crippen molar-refractivity contribution in [2.45, 2.75) is 19.9 Å². The second-order valence-electron chi connectivity index (χ2n) is 5.69. The van der Waals surface area contributed by atoms with Crippen molar-refractivity contribution in [2.75, 3.05) is 12.4 Å². The van der Waals surface area contributed by atoms with Crippen molar-refractivity contribution in [2.24, 2.45) is 0 Å². The fourth-order valence-electron chi connectivity index (χ4n) is 2.61. The van der Waals surface area contributed by atoms with Gasteiger partial charge in [-0.25, -0.2) is 9.97 Å². The molecular formula is C20H21N3O. The van der Waals surface area contributed by atoms with E-state index in [0.717, 1.165) is 34.2 Å². The van der Waals surface area contributed by atoms with E-state index in [-0.39, 0.29) is 6.04 Å². The van der Waals surface area contributed by atoms with Crippen molar-refractivity contribution in [3.63, 3.8) is 0 Å². The number of rotatable bonds is 5. The largest absolute Gasteiger partial charge is 0.497 e. The van der Waals surface area contributed by atoms with E-state index in [2.05, 4.69) is 40.4 Å². The van der Waals surface area contributed by atoms with E-state index in [1.807, 2.05) is 49.4 Å². The average Bonchev–Trinajstić information content (AvgIpc) is 2.62. The van der Waals surface area contributed by atoms with Gasteiger partial charge in [-0.2, -0.15) is 0 Å². The van der Waals surface area contributed by atoms with E-state index in [1.165, 1.54) is 0 Å². The van der Waals surface area contributed by atoms with Crippen molar-refractivity contribution >= 4 is 5.82 Å². The summed E-state index contributed by atoms with van der Waals surface area (Å²) in [5, 5.41) is 3.45. The van der Waals surface area contributed by atoms with Gasteiger partial charge >= 0.3 is 0 Å². The Labute approximate surface area is 142 Å². The molecule has 0 radical (unpaired) electrons. The Morgan fingerprint density at radius 1 is 0.958 bits per heavy atom. The van der Waals surface area contributed by atoms with E-state index < -0.39 is 0 Å². The number of benzene rings is 2. The molecule has 24 heavy (non-hydrogen) atoms. The third-order valence-electron chi connectivity index (χ3n) is 3.87. The number of aryl methyl sites for hydroxylation is 1. The second-order valence-corrected chi connectivity index (χ2v) is 5.69. The molecule has 3 aromatic rings. The molecule has 1 N–H and O–H groups in total. The van der Waals surface area contributed by atoms with Crippen molar-refractivity contribution in [3.05, 3.63) is 72.1 Å². The number of anilines is 1. The lowest BCUT2D eigenvalue weighted by Crippen LogP contribution is -2.09. The summed E-state index contributed by atoms with van der Waals surface area (Å²) in [5.41, 5.74) is 3.15. The van der Waals surface area contributed by atoms with Crippen LogP contribution in [0.3, 0.4) is 0 Å².